The summed E-state index contributed by atoms with van der Waals surface area (Å²) in [7, 11) is 0. The predicted octanol–water partition coefficient (Wildman–Crippen LogP) is 1.00. The number of hydrogen-bond acceptors (Lipinski definition) is 4. The molecule has 1 aromatic carbocycles. The van der Waals surface area contributed by atoms with Crippen molar-refractivity contribution in [3.8, 4) is 0 Å². The summed E-state index contributed by atoms with van der Waals surface area (Å²) >= 11 is 0. The molecule has 0 saturated carbocycles. The van der Waals surface area contributed by atoms with Gasteiger partial charge in [0.25, 0.3) is 5.82 Å². The highest BCUT2D eigenvalue weighted by Crippen LogP contribution is 2.36. The Labute approximate surface area is 103 Å². The Morgan fingerprint density at radius 3 is 2.72 bits per heavy atom. The average molecular weight is 245 g/mol. The van der Waals surface area contributed by atoms with Crippen molar-refractivity contribution in [3.05, 3.63) is 47.5 Å². The molecular weight excluding hydrogens is 234 g/mol. The van der Waals surface area contributed by atoms with E-state index in [0.717, 1.165) is 5.56 Å². The van der Waals surface area contributed by atoms with E-state index in [1.54, 1.807) is 0 Å². The number of carboxylic acids is 1. The molecule has 6 nitrogen and oxygen atoms in total. The van der Waals surface area contributed by atoms with Crippen LogP contribution in [0.5, 0.6) is 0 Å². The van der Waals surface area contributed by atoms with Gasteiger partial charge in [0.15, 0.2) is 5.82 Å². The highest BCUT2D eigenvalue weighted by atomic mass is 16.4. The van der Waals surface area contributed by atoms with Crippen molar-refractivity contribution < 1.29 is 15.0 Å². The molecule has 92 valence electrons. The highest BCUT2D eigenvalue weighted by Gasteiger charge is 2.34. The number of aromatic carboxylic acids is 1. The first-order chi connectivity index (χ1) is 8.66. The van der Waals surface area contributed by atoms with E-state index in [2.05, 4.69) is 10.1 Å². The number of benzene rings is 1. The van der Waals surface area contributed by atoms with Crippen molar-refractivity contribution in [1.29, 1.82) is 0 Å². The normalized spacial score (nSPS) is 21.8. The Kier molecular flexibility index (Phi) is 2.38. The monoisotopic (exact) mass is 245 g/mol. The summed E-state index contributed by atoms with van der Waals surface area (Å²) in [4.78, 5) is 14.7. The third kappa shape index (κ3) is 1.58. The van der Waals surface area contributed by atoms with Crippen LogP contribution in [0.3, 0.4) is 0 Å². The van der Waals surface area contributed by atoms with E-state index in [0.29, 0.717) is 12.2 Å². The standard InChI is InChI=1S/C12H11N3O3/c16-9-6-8(7-4-2-1-3-5-7)15-11(9)13-10(14-15)12(17)18/h1-5,8-9,16H,6H2,(H,17,18)/t8-,9+/m0/s1. The number of aliphatic hydroxyl groups is 1. The molecule has 2 atom stereocenters. The number of aromatic nitrogens is 3. The molecule has 1 aromatic heterocycles. The van der Waals surface area contributed by atoms with E-state index in [-0.39, 0.29) is 11.9 Å². The van der Waals surface area contributed by atoms with Crippen molar-refractivity contribution in [2.75, 3.05) is 0 Å². The minimum Gasteiger partial charge on any atom is -0.475 e. The van der Waals surface area contributed by atoms with Gasteiger partial charge in [-0.05, 0) is 5.56 Å². The van der Waals surface area contributed by atoms with Crippen LogP contribution < -0.4 is 0 Å². The number of rotatable bonds is 2. The SMILES string of the molecule is O=C(O)c1nc2n(n1)[C@H](c1ccccc1)C[C@H]2O. The first-order valence-corrected chi connectivity index (χ1v) is 5.59. The molecule has 0 radical (unpaired) electrons. The summed E-state index contributed by atoms with van der Waals surface area (Å²) in [6, 6.07) is 9.39. The lowest BCUT2D eigenvalue weighted by Gasteiger charge is -2.11. The van der Waals surface area contributed by atoms with Gasteiger partial charge in [0, 0.05) is 6.42 Å². The average Bonchev–Trinajstić information content (AvgIpc) is 2.92. The van der Waals surface area contributed by atoms with Gasteiger partial charge in [0.1, 0.15) is 6.10 Å². The number of carbonyl (C=O) groups is 1. The molecular formula is C12H11N3O3. The van der Waals surface area contributed by atoms with Gasteiger partial charge in [0.05, 0.1) is 6.04 Å². The van der Waals surface area contributed by atoms with Crippen LogP contribution in [0.15, 0.2) is 30.3 Å². The summed E-state index contributed by atoms with van der Waals surface area (Å²) in [6.45, 7) is 0. The van der Waals surface area contributed by atoms with E-state index in [1.165, 1.54) is 4.68 Å². The van der Waals surface area contributed by atoms with Crippen LogP contribution in [-0.2, 0) is 0 Å². The zero-order valence-corrected chi connectivity index (χ0v) is 9.39. The van der Waals surface area contributed by atoms with E-state index in [4.69, 9.17) is 5.11 Å². The van der Waals surface area contributed by atoms with Crippen LogP contribution in [0, 0.1) is 0 Å². The third-order valence-electron chi connectivity index (χ3n) is 3.07. The molecule has 2 heterocycles. The number of aliphatic hydroxyl groups excluding tert-OH is 1. The molecule has 6 heteroatoms. The zero-order chi connectivity index (χ0) is 12.7. The van der Waals surface area contributed by atoms with Crippen molar-refractivity contribution in [1.82, 2.24) is 14.8 Å². The molecule has 0 unspecified atom stereocenters. The summed E-state index contributed by atoms with van der Waals surface area (Å²) < 4.78 is 1.50. The maximum atomic E-state index is 10.8. The third-order valence-corrected chi connectivity index (χ3v) is 3.07. The largest absolute Gasteiger partial charge is 0.475 e. The Morgan fingerprint density at radius 2 is 2.06 bits per heavy atom. The summed E-state index contributed by atoms with van der Waals surface area (Å²) in [5, 5.41) is 22.7. The van der Waals surface area contributed by atoms with Gasteiger partial charge >= 0.3 is 5.97 Å². The number of fused-ring (bicyclic) bond motifs is 1. The number of hydrogen-bond donors (Lipinski definition) is 2. The van der Waals surface area contributed by atoms with Crippen molar-refractivity contribution in [3.63, 3.8) is 0 Å². The van der Waals surface area contributed by atoms with Crippen molar-refractivity contribution >= 4 is 5.97 Å². The van der Waals surface area contributed by atoms with E-state index >= 15 is 0 Å². The maximum Gasteiger partial charge on any atom is 0.375 e. The second kappa shape index (κ2) is 3.92. The lowest BCUT2D eigenvalue weighted by atomic mass is 10.0. The fraction of sp³-hybridized carbons (Fsp3) is 0.250. The van der Waals surface area contributed by atoms with Gasteiger partial charge in [-0.3, -0.25) is 0 Å². The van der Waals surface area contributed by atoms with Crippen LogP contribution >= 0.6 is 0 Å². The molecule has 1 aliphatic heterocycles. The first-order valence-electron chi connectivity index (χ1n) is 5.59. The number of carboxylic acid groups (broad SMARTS) is 1. The molecule has 2 aromatic rings. The smallest absolute Gasteiger partial charge is 0.375 e. The highest BCUT2D eigenvalue weighted by molar-refractivity contribution is 5.82. The second-order valence-electron chi connectivity index (χ2n) is 4.22. The lowest BCUT2D eigenvalue weighted by molar-refractivity contribution is 0.0682. The van der Waals surface area contributed by atoms with E-state index in [1.807, 2.05) is 30.3 Å². The molecule has 1 aliphatic rings. The molecule has 2 N–H and O–H groups in total. The quantitative estimate of drug-likeness (QED) is 0.824. The molecule has 0 spiro atoms. The molecule has 0 amide bonds. The molecule has 0 aliphatic carbocycles. The minimum absolute atomic E-state index is 0.156. The molecule has 0 fully saturated rings. The zero-order valence-electron chi connectivity index (χ0n) is 9.39. The molecule has 0 bridgehead atoms. The minimum atomic E-state index is -1.18. The van der Waals surface area contributed by atoms with Gasteiger partial charge < -0.3 is 10.2 Å². The summed E-state index contributed by atoms with van der Waals surface area (Å²) in [5.74, 6) is -1.14. The Hall–Kier alpha value is -2.21. The Morgan fingerprint density at radius 1 is 1.33 bits per heavy atom. The van der Waals surface area contributed by atoms with Crippen molar-refractivity contribution in [2.24, 2.45) is 0 Å². The van der Waals surface area contributed by atoms with Gasteiger partial charge in [-0.25, -0.2) is 14.5 Å². The predicted molar refractivity (Wildman–Crippen MR) is 61.1 cm³/mol. The molecule has 0 saturated heterocycles. The van der Waals surface area contributed by atoms with Gasteiger partial charge in [0.2, 0.25) is 0 Å². The maximum absolute atomic E-state index is 10.8. The molecule has 3 rings (SSSR count). The topological polar surface area (TPSA) is 88.2 Å². The Balaban J connectivity index is 2.05. The summed E-state index contributed by atoms with van der Waals surface area (Å²) in [6.07, 6.45) is -0.296. The number of nitrogens with zero attached hydrogens (tertiary/aromatic N) is 3. The van der Waals surface area contributed by atoms with Crippen LogP contribution in [0.2, 0.25) is 0 Å². The van der Waals surface area contributed by atoms with Gasteiger partial charge in [-0.1, -0.05) is 30.3 Å². The fourth-order valence-corrected chi connectivity index (χ4v) is 2.25. The van der Waals surface area contributed by atoms with Gasteiger partial charge in [-0.2, -0.15) is 0 Å². The van der Waals surface area contributed by atoms with Gasteiger partial charge in [-0.15, -0.1) is 5.10 Å². The fourth-order valence-electron chi connectivity index (χ4n) is 2.25. The van der Waals surface area contributed by atoms with Crippen LogP contribution in [0.4, 0.5) is 0 Å². The van der Waals surface area contributed by atoms with E-state index < -0.39 is 12.1 Å². The van der Waals surface area contributed by atoms with Crippen molar-refractivity contribution in [2.45, 2.75) is 18.6 Å². The molecule has 18 heavy (non-hydrogen) atoms. The Bertz CT molecular complexity index is 594. The van der Waals surface area contributed by atoms with Crippen LogP contribution in [0.1, 0.15) is 40.6 Å². The second-order valence-corrected chi connectivity index (χ2v) is 4.22. The lowest BCUT2D eigenvalue weighted by Crippen LogP contribution is -2.09. The summed E-state index contributed by atoms with van der Waals surface area (Å²) in [5.41, 5.74) is 0.983. The van der Waals surface area contributed by atoms with Crippen LogP contribution in [0.25, 0.3) is 0 Å². The first kappa shape index (κ1) is 10.9. The van der Waals surface area contributed by atoms with Crippen LogP contribution in [-0.4, -0.2) is 30.9 Å². The van der Waals surface area contributed by atoms with E-state index in [9.17, 15) is 9.90 Å².